The van der Waals surface area contributed by atoms with E-state index in [1.165, 1.54) is 37.6 Å². The monoisotopic (exact) mass is 446 g/mol. The van der Waals surface area contributed by atoms with Gasteiger partial charge in [0.15, 0.2) is 11.5 Å². The van der Waals surface area contributed by atoms with Crippen LogP contribution in [0.2, 0.25) is 0 Å². The van der Waals surface area contributed by atoms with Crippen molar-refractivity contribution in [3.05, 3.63) is 52.9 Å². The molecule has 4 rings (SSSR count). The SMILES string of the molecule is COc1cc2c(=O)c(-c3ccc(O)cc3)coc2cc1O[C@H]1O[C@@H](CO)[C@H](O)[C@@H](O)[C@@H]1O. The normalized spacial score (nSPS) is 25.6. The van der Waals surface area contributed by atoms with Crippen LogP contribution in [0.15, 0.2) is 51.9 Å². The van der Waals surface area contributed by atoms with Gasteiger partial charge in [0.1, 0.15) is 42.0 Å². The fourth-order valence-electron chi connectivity index (χ4n) is 3.52. The Bertz CT molecular complexity index is 1150. The molecule has 0 aliphatic carbocycles. The van der Waals surface area contributed by atoms with Gasteiger partial charge >= 0.3 is 0 Å². The lowest BCUT2D eigenvalue weighted by molar-refractivity contribution is -0.277. The van der Waals surface area contributed by atoms with Crippen LogP contribution in [-0.2, 0) is 4.74 Å². The van der Waals surface area contributed by atoms with E-state index in [0.29, 0.717) is 5.56 Å². The molecule has 2 aromatic carbocycles. The molecule has 3 aromatic rings. The van der Waals surface area contributed by atoms with Gasteiger partial charge in [-0.2, -0.15) is 0 Å². The summed E-state index contributed by atoms with van der Waals surface area (Å²) in [5.41, 5.74) is 0.661. The molecule has 0 bridgehead atoms. The van der Waals surface area contributed by atoms with E-state index in [4.69, 9.17) is 18.6 Å². The van der Waals surface area contributed by atoms with Crippen molar-refractivity contribution in [1.29, 1.82) is 0 Å². The number of rotatable bonds is 5. The first-order chi connectivity index (χ1) is 15.3. The zero-order valence-electron chi connectivity index (χ0n) is 16.9. The predicted octanol–water partition coefficient (Wildman–Crippen LogP) is 0.353. The van der Waals surface area contributed by atoms with Crippen LogP contribution >= 0.6 is 0 Å². The summed E-state index contributed by atoms with van der Waals surface area (Å²) >= 11 is 0. The first kappa shape index (κ1) is 22.1. The fraction of sp³-hybridized carbons (Fsp3) is 0.318. The minimum absolute atomic E-state index is 0.0462. The first-order valence-corrected chi connectivity index (χ1v) is 9.74. The highest BCUT2D eigenvalue weighted by molar-refractivity contribution is 5.84. The van der Waals surface area contributed by atoms with Crippen molar-refractivity contribution in [2.75, 3.05) is 13.7 Å². The summed E-state index contributed by atoms with van der Waals surface area (Å²) in [6.45, 7) is -0.603. The Kier molecular flexibility index (Phi) is 6.04. The van der Waals surface area contributed by atoms with Crippen molar-refractivity contribution >= 4 is 11.0 Å². The van der Waals surface area contributed by atoms with Gasteiger partial charge in [-0.1, -0.05) is 12.1 Å². The molecule has 32 heavy (non-hydrogen) atoms. The Morgan fingerprint density at radius 2 is 1.72 bits per heavy atom. The maximum atomic E-state index is 13.0. The lowest BCUT2D eigenvalue weighted by atomic mass is 9.99. The average molecular weight is 446 g/mol. The zero-order chi connectivity index (χ0) is 23.0. The quantitative estimate of drug-likeness (QED) is 0.370. The third-order valence-electron chi connectivity index (χ3n) is 5.33. The standard InChI is InChI=1S/C22H22O10/c1-29-15-6-12-14(30-9-13(18(12)25)10-2-4-11(24)5-3-10)7-16(15)31-22-21(28)20(27)19(26)17(8-23)32-22/h2-7,9,17,19-24,26-28H,8H2,1H3/t17-,19-,20+,21-,22-/m0/s1. The van der Waals surface area contributed by atoms with E-state index in [2.05, 4.69) is 0 Å². The number of fused-ring (bicyclic) bond motifs is 1. The molecule has 0 saturated carbocycles. The molecule has 1 aromatic heterocycles. The Labute approximate surface area is 181 Å². The van der Waals surface area contributed by atoms with Gasteiger partial charge in [-0.05, 0) is 23.8 Å². The van der Waals surface area contributed by atoms with Gasteiger partial charge in [-0.25, -0.2) is 0 Å². The Morgan fingerprint density at radius 3 is 2.38 bits per heavy atom. The van der Waals surface area contributed by atoms with Crippen LogP contribution in [0, 0.1) is 0 Å². The highest BCUT2D eigenvalue weighted by Crippen LogP contribution is 2.35. The number of phenolic OH excluding ortho intramolecular Hbond substituents is 1. The van der Waals surface area contributed by atoms with E-state index in [-0.39, 0.29) is 39.2 Å². The number of benzene rings is 2. The second-order valence-electron chi connectivity index (χ2n) is 7.34. The van der Waals surface area contributed by atoms with Gasteiger partial charge in [-0.3, -0.25) is 4.79 Å². The summed E-state index contributed by atoms with van der Waals surface area (Å²) in [7, 11) is 1.35. The van der Waals surface area contributed by atoms with Gasteiger partial charge in [0.25, 0.3) is 0 Å². The molecule has 2 heterocycles. The van der Waals surface area contributed by atoms with E-state index in [9.17, 15) is 30.3 Å². The van der Waals surface area contributed by atoms with Crippen LogP contribution in [-0.4, -0.2) is 70.0 Å². The Balaban J connectivity index is 1.71. The molecular weight excluding hydrogens is 424 g/mol. The fourth-order valence-corrected chi connectivity index (χ4v) is 3.52. The number of phenols is 1. The molecule has 10 heteroatoms. The highest BCUT2D eigenvalue weighted by atomic mass is 16.7. The van der Waals surface area contributed by atoms with E-state index in [1.54, 1.807) is 12.1 Å². The maximum absolute atomic E-state index is 13.0. The minimum atomic E-state index is -1.61. The number of hydrogen-bond donors (Lipinski definition) is 5. The second kappa shape index (κ2) is 8.77. The van der Waals surface area contributed by atoms with Crippen molar-refractivity contribution in [3.63, 3.8) is 0 Å². The molecule has 1 aliphatic rings. The Morgan fingerprint density at radius 1 is 1.00 bits per heavy atom. The summed E-state index contributed by atoms with van der Waals surface area (Å²) in [6, 6.07) is 8.86. The lowest BCUT2D eigenvalue weighted by Gasteiger charge is -2.39. The van der Waals surface area contributed by atoms with Crippen molar-refractivity contribution in [2.24, 2.45) is 0 Å². The smallest absolute Gasteiger partial charge is 0.229 e. The number of aromatic hydroxyl groups is 1. The lowest BCUT2D eigenvalue weighted by Crippen LogP contribution is -2.60. The number of aliphatic hydroxyl groups is 4. The van der Waals surface area contributed by atoms with E-state index in [0.717, 1.165) is 0 Å². The van der Waals surface area contributed by atoms with Crippen LogP contribution in [0.3, 0.4) is 0 Å². The third kappa shape index (κ3) is 3.90. The average Bonchev–Trinajstić information content (AvgIpc) is 2.80. The summed E-state index contributed by atoms with van der Waals surface area (Å²) in [6.07, 6.45) is -6.04. The molecule has 170 valence electrons. The van der Waals surface area contributed by atoms with E-state index in [1.807, 2.05) is 0 Å². The zero-order valence-corrected chi connectivity index (χ0v) is 16.9. The minimum Gasteiger partial charge on any atom is -0.508 e. The molecule has 10 nitrogen and oxygen atoms in total. The molecule has 1 aliphatic heterocycles. The van der Waals surface area contributed by atoms with Gasteiger partial charge in [0, 0.05) is 6.07 Å². The molecule has 5 N–H and O–H groups in total. The van der Waals surface area contributed by atoms with E-state index >= 15 is 0 Å². The van der Waals surface area contributed by atoms with Crippen LogP contribution in [0.1, 0.15) is 0 Å². The van der Waals surface area contributed by atoms with Crippen LogP contribution in [0.4, 0.5) is 0 Å². The first-order valence-electron chi connectivity index (χ1n) is 9.74. The molecule has 1 fully saturated rings. The predicted molar refractivity (Wildman–Crippen MR) is 111 cm³/mol. The van der Waals surface area contributed by atoms with Crippen LogP contribution < -0.4 is 14.9 Å². The van der Waals surface area contributed by atoms with Crippen molar-refractivity contribution in [3.8, 4) is 28.4 Å². The largest absolute Gasteiger partial charge is 0.508 e. The van der Waals surface area contributed by atoms with Crippen LogP contribution in [0.25, 0.3) is 22.1 Å². The maximum Gasteiger partial charge on any atom is 0.229 e. The molecular formula is C22H22O10. The van der Waals surface area contributed by atoms with Crippen LogP contribution in [0.5, 0.6) is 17.2 Å². The number of aliphatic hydroxyl groups excluding tert-OH is 4. The molecule has 0 amide bonds. The molecule has 0 unspecified atom stereocenters. The topological polar surface area (TPSA) is 159 Å². The molecule has 1 saturated heterocycles. The molecule has 5 atom stereocenters. The summed E-state index contributed by atoms with van der Waals surface area (Å²) in [5, 5.41) is 49.1. The van der Waals surface area contributed by atoms with Crippen molar-refractivity contribution in [1.82, 2.24) is 0 Å². The van der Waals surface area contributed by atoms with Crippen molar-refractivity contribution < 1.29 is 44.2 Å². The number of ether oxygens (including phenoxy) is 3. The highest BCUT2D eigenvalue weighted by Gasteiger charge is 2.45. The van der Waals surface area contributed by atoms with Gasteiger partial charge in [0.2, 0.25) is 11.7 Å². The molecule has 0 radical (unpaired) electrons. The number of methoxy groups -OCH3 is 1. The summed E-state index contributed by atoms with van der Waals surface area (Å²) in [5.74, 6) is 0.241. The van der Waals surface area contributed by atoms with Gasteiger partial charge in [0.05, 0.1) is 24.7 Å². The number of hydrogen-bond acceptors (Lipinski definition) is 10. The third-order valence-corrected chi connectivity index (χ3v) is 5.33. The summed E-state index contributed by atoms with van der Waals surface area (Å²) in [4.78, 5) is 13.0. The molecule has 0 spiro atoms. The van der Waals surface area contributed by atoms with Gasteiger partial charge < -0.3 is 44.2 Å². The summed E-state index contributed by atoms with van der Waals surface area (Å²) < 4.78 is 21.9. The Hall–Kier alpha value is -3.15. The van der Waals surface area contributed by atoms with Gasteiger partial charge in [-0.15, -0.1) is 0 Å². The van der Waals surface area contributed by atoms with Crippen molar-refractivity contribution in [2.45, 2.75) is 30.7 Å². The second-order valence-corrected chi connectivity index (χ2v) is 7.34. The van der Waals surface area contributed by atoms with E-state index < -0.39 is 37.3 Å².